The quantitative estimate of drug-likeness (QED) is 0.609. The van der Waals surface area contributed by atoms with Crippen LogP contribution in [-0.2, 0) is 20.7 Å². The van der Waals surface area contributed by atoms with E-state index in [1.165, 1.54) is 14.2 Å². The van der Waals surface area contributed by atoms with E-state index in [0.717, 1.165) is 5.56 Å². The minimum Gasteiger partial charge on any atom is -0.343 e. The average molecular weight is 312 g/mol. The number of methoxy groups -OCH3 is 2. The van der Waals surface area contributed by atoms with Gasteiger partial charge in [-0.3, -0.25) is 4.79 Å². The molecule has 122 valence electrons. The Morgan fingerprint density at radius 3 is 1.91 bits per heavy atom. The van der Waals surface area contributed by atoms with E-state index < -0.39 is 5.79 Å². The lowest BCUT2D eigenvalue weighted by molar-refractivity contribution is -0.176. The van der Waals surface area contributed by atoms with Crippen LogP contribution in [0.15, 0.2) is 54.6 Å². The molecule has 3 nitrogen and oxygen atoms in total. The van der Waals surface area contributed by atoms with Gasteiger partial charge in [0.1, 0.15) is 0 Å². The van der Waals surface area contributed by atoms with Crippen LogP contribution in [0.1, 0.15) is 42.3 Å². The molecule has 0 unspecified atom stereocenters. The highest BCUT2D eigenvalue weighted by atomic mass is 16.7. The largest absolute Gasteiger partial charge is 0.343 e. The smallest absolute Gasteiger partial charge is 0.260 e. The van der Waals surface area contributed by atoms with Crippen molar-refractivity contribution >= 4 is 5.78 Å². The van der Waals surface area contributed by atoms with Gasteiger partial charge in [-0.15, -0.1) is 0 Å². The number of Topliss-reactive ketones (excluding diaryl/α,β-unsaturated/α-hetero) is 1. The first kappa shape index (κ1) is 17.4. The van der Waals surface area contributed by atoms with Crippen LogP contribution in [-0.4, -0.2) is 20.0 Å². The van der Waals surface area contributed by atoms with Gasteiger partial charge in [0.25, 0.3) is 5.79 Å². The molecule has 0 bridgehead atoms. The fourth-order valence-electron chi connectivity index (χ4n) is 2.61. The summed E-state index contributed by atoms with van der Waals surface area (Å²) in [6.07, 6.45) is 0. The molecule has 0 aliphatic heterocycles. The molecular weight excluding hydrogens is 288 g/mol. The molecule has 0 radical (unpaired) electrons. The molecule has 0 spiro atoms. The molecule has 0 saturated heterocycles. The van der Waals surface area contributed by atoms with Crippen LogP contribution in [0.3, 0.4) is 0 Å². The normalized spacial score (nSPS) is 12.2. The van der Waals surface area contributed by atoms with E-state index in [0.29, 0.717) is 11.1 Å². The van der Waals surface area contributed by atoms with Gasteiger partial charge < -0.3 is 9.47 Å². The topological polar surface area (TPSA) is 35.5 Å². The molecule has 23 heavy (non-hydrogen) atoms. The number of ether oxygens (including phenoxy) is 2. The maximum atomic E-state index is 13.0. The van der Waals surface area contributed by atoms with Gasteiger partial charge in [-0.1, -0.05) is 69.3 Å². The highest BCUT2D eigenvalue weighted by molar-refractivity contribution is 6.02. The van der Waals surface area contributed by atoms with Crippen molar-refractivity contribution < 1.29 is 14.3 Å². The SMILES string of the molecule is COC(OC)(C(=O)c1ccccc1)c1cccc(C(C)(C)C)c1. The third-order valence-corrected chi connectivity index (χ3v) is 4.02. The van der Waals surface area contributed by atoms with Crippen molar-refractivity contribution in [3.05, 3.63) is 71.3 Å². The van der Waals surface area contributed by atoms with Crippen molar-refractivity contribution in [2.75, 3.05) is 14.2 Å². The second-order valence-electron chi connectivity index (χ2n) is 6.55. The first-order valence-electron chi connectivity index (χ1n) is 7.66. The van der Waals surface area contributed by atoms with E-state index in [2.05, 4.69) is 20.8 Å². The number of benzene rings is 2. The summed E-state index contributed by atoms with van der Waals surface area (Å²) in [5.74, 6) is -1.66. The minimum absolute atomic E-state index is 0.0287. The Kier molecular flexibility index (Phi) is 5.03. The summed E-state index contributed by atoms with van der Waals surface area (Å²) in [5.41, 5.74) is 2.34. The molecule has 0 aliphatic rings. The van der Waals surface area contributed by atoms with E-state index in [-0.39, 0.29) is 11.2 Å². The summed E-state index contributed by atoms with van der Waals surface area (Å²) < 4.78 is 11.2. The second-order valence-corrected chi connectivity index (χ2v) is 6.55. The number of ketones is 1. The Morgan fingerprint density at radius 2 is 1.39 bits per heavy atom. The molecule has 0 heterocycles. The fraction of sp³-hybridized carbons (Fsp3) is 0.350. The summed E-state index contributed by atoms with van der Waals surface area (Å²) in [6.45, 7) is 6.39. The number of hydrogen-bond donors (Lipinski definition) is 0. The third-order valence-electron chi connectivity index (χ3n) is 4.02. The lowest BCUT2D eigenvalue weighted by atomic mass is 9.84. The summed E-state index contributed by atoms with van der Waals surface area (Å²) in [4.78, 5) is 13.0. The van der Waals surface area contributed by atoms with Crippen molar-refractivity contribution in [3.63, 3.8) is 0 Å². The summed E-state index contributed by atoms with van der Waals surface area (Å²) in [7, 11) is 2.99. The molecule has 0 aromatic heterocycles. The van der Waals surface area contributed by atoms with Crippen LogP contribution in [0.25, 0.3) is 0 Å². The highest BCUT2D eigenvalue weighted by Crippen LogP contribution is 2.33. The fourth-order valence-corrected chi connectivity index (χ4v) is 2.61. The van der Waals surface area contributed by atoms with Gasteiger partial charge >= 0.3 is 0 Å². The molecule has 3 heteroatoms. The van der Waals surface area contributed by atoms with E-state index in [1.807, 2.05) is 42.5 Å². The maximum Gasteiger partial charge on any atom is 0.260 e. The Bertz CT molecular complexity index is 665. The lowest BCUT2D eigenvalue weighted by Crippen LogP contribution is -2.40. The van der Waals surface area contributed by atoms with Crippen LogP contribution >= 0.6 is 0 Å². The number of hydrogen-bond acceptors (Lipinski definition) is 3. The lowest BCUT2D eigenvalue weighted by Gasteiger charge is -2.31. The maximum absolute atomic E-state index is 13.0. The van der Waals surface area contributed by atoms with Crippen molar-refractivity contribution in [2.45, 2.75) is 32.0 Å². The van der Waals surface area contributed by atoms with E-state index in [9.17, 15) is 4.79 Å². The Morgan fingerprint density at radius 1 is 0.826 bits per heavy atom. The zero-order valence-electron chi connectivity index (χ0n) is 14.4. The molecule has 0 amide bonds. The van der Waals surface area contributed by atoms with Crippen LogP contribution in [0, 0.1) is 0 Å². The van der Waals surface area contributed by atoms with E-state index >= 15 is 0 Å². The van der Waals surface area contributed by atoms with Gasteiger partial charge in [-0.25, -0.2) is 0 Å². The van der Waals surface area contributed by atoms with Gasteiger partial charge in [0.2, 0.25) is 5.78 Å². The minimum atomic E-state index is -1.44. The van der Waals surface area contributed by atoms with Crippen LogP contribution in [0.4, 0.5) is 0 Å². The Labute approximate surface area is 138 Å². The second kappa shape index (κ2) is 6.65. The number of carbonyl (C=O) groups excluding carboxylic acids is 1. The standard InChI is InChI=1S/C20H24O3/c1-19(2,3)16-12-9-13-17(14-16)20(22-4,23-5)18(21)15-10-7-6-8-11-15/h6-14H,1-5H3. The Hall–Kier alpha value is -1.97. The first-order valence-corrected chi connectivity index (χ1v) is 7.66. The van der Waals surface area contributed by atoms with Gasteiger partial charge in [0.15, 0.2) is 0 Å². The average Bonchev–Trinajstić information content (AvgIpc) is 2.57. The molecule has 0 fully saturated rings. The van der Waals surface area contributed by atoms with Gasteiger partial charge in [-0.2, -0.15) is 0 Å². The predicted octanol–water partition coefficient (Wildman–Crippen LogP) is 4.31. The molecule has 2 rings (SSSR count). The van der Waals surface area contributed by atoms with Crippen molar-refractivity contribution in [1.29, 1.82) is 0 Å². The van der Waals surface area contributed by atoms with Crippen LogP contribution < -0.4 is 0 Å². The molecule has 2 aromatic carbocycles. The van der Waals surface area contributed by atoms with Crippen LogP contribution in [0.2, 0.25) is 0 Å². The van der Waals surface area contributed by atoms with Gasteiger partial charge in [-0.05, 0) is 17.0 Å². The van der Waals surface area contributed by atoms with Crippen LogP contribution in [0.5, 0.6) is 0 Å². The monoisotopic (exact) mass is 312 g/mol. The molecule has 0 atom stereocenters. The summed E-state index contributed by atoms with van der Waals surface area (Å²) in [6, 6.07) is 16.9. The summed E-state index contributed by atoms with van der Waals surface area (Å²) >= 11 is 0. The van der Waals surface area contributed by atoms with Crippen molar-refractivity contribution in [2.24, 2.45) is 0 Å². The molecule has 0 N–H and O–H groups in total. The number of carbonyl (C=O) groups is 1. The van der Waals surface area contributed by atoms with Gasteiger partial charge in [0, 0.05) is 25.3 Å². The summed E-state index contributed by atoms with van der Waals surface area (Å²) in [5, 5.41) is 0. The molecular formula is C20H24O3. The molecule has 0 saturated carbocycles. The zero-order valence-corrected chi connectivity index (χ0v) is 14.4. The highest BCUT2D eigenvalue weighted by Gasteiger charge is 2.42. The zero-order chi connectivity index (χ0) is 17.1. The number of rotatable bonds is 5. The first-order chi connectivity index (χ1) is 10.8. The van der Waals surface area contributed by atoms with E-state index in [4.69, 9.17) is 9.47 Å². The van der Waals surface area contributed by atoms with Crippen molar-refractivity contribution in [1.82, 2.24) is 0 Å². The Balaban J connectivity index is 2.56. The van der Waals surface area contributed by atoms with Gasteiger partial charge in [0.05, 0.1) is 0 Å². The van der Waals surface area contributed by atoms with E-state index in [1.54, 1.807) is 12.1 Å². The molecule has 2 aromatic rings. The predicted molar refractivity (Wildman–Crippen MR) is 91.6 cm³/mol. The third kappa shape index (κ3) is 3.36. The molecule has 0 aliphatic carbocycles. The van der Waals surface area contributed by atoms with Crippen molar-refractivity contribution in [3.8, 4) is 0 Å².